The molecule has 0 saturated heterocycles. The first kappa shape index (κ1) is 16.4. The average molecular weight is 342 g/mol. The van der Waals surface area contributed by atoms with E-state index in [2.05, 4.69) is 20.3 Å². The fourth-order valence-electron chi connectivity index (χ4n) is 2.31. The maximum Gasteiger partial charge on any atom is 0.187 e. The van der Waals surface area contributed by atoms with Crippen LogP contribution in [0.15, 0.2) is 41.7 Å². The average Bonchev–Trinajstić information content (AvgIpc) is 3.04. The molecule has 0 bridgehead atoms. The molecule has 0 N–H and O–H groups in total. The number of carboxylic acids is 1. The number of para-hydroxylation sites is 1. The molecule has 0 amide bonds. The maximum atomic E-state index is 11.4. The molecule has 7 nitrogen and oxygen atoms in total. The van der Waals surface area contributed by atoms with Crippen molar-refractivity contribution in [1.29, 1.82) is 0 Å². The molecule has 124 valence electrons. The Kier molecular flexibility index (Phi) is 5.05. The van der Waals surface area contributed by atoms with Crippen molar-refractivity contribution >= 4 is 28.9 Å². The second-order valence-corrected chi connectivity index (χ2v) is 6.45. The van der Waals surface area contributed by atoms with Gasteiger partial charge in [-0.3, -0.25) is 0 Å². The lowest BCUT2D eigenvalue weighted by atomic mass is 10.2. The molecule has 0 radical (unpaired) electrons. The number of aromatic nitrogens is 5. The molecule has 2 aromatic heterocycles. The van der Waals surface area contributed by atoms with Crippen molar-refractivity contribution in [3.05, 3.63) is 36.7 Å². The lowest BCUT2D eigenvalue weighted by molar-refractivity contribution is -0.304. The van der Waals surface area contributed by atoms with Crippen LogP contribution in [0, 0.1) is 0 Å². The normalized spacial score (nSPS) is 12.4. The fraction of sp³-hybridized carbons (Fsp3) is 0.312. The standard InChI is InChI=1S/C16H17N5O2S/c1-2-3-9-12(16(22)23)24-15-13-14(17-10-18-15)21(20-19-13)11-7-5-4-6-8-11/h4-8,10,12H,2-3,9H2,1H3,(H,22,23)/p-1/t12-/m1/s1. The number of hydrogen-bond acceptors (Lipinski definition) is 7. The van der Waals surface area contributed by atoms with Crippen LogP contribution in [0.2, 0.25) is 0 Å². The molecule has 0 aliphatic heterocycles. The molecule has 3 rings (SSSR count). The van der Waals surface area contributed by atoms with Crippen LogP contribution in [0.1, 0.15) is 26.2 Å². The number of carbonyl (C=O) groups is 1. The highest BCUT2D eigenvalue weighted by Gasteiger charge is 2.18. The van der Waals surface area contributed by atoms with Crippen molar-refractivity contribution < 1.29 is 9.90 Å². The summed E-state index contributed by atoms with van der Waals surface area (Å²) in [6.07, 6.45) is 3.67. The van der Waals surface area contributed by atoms with Gasteiger partial charge < -0.3 is 9.90 Å². The molecule has 1 atom stereocenters. The second kappa shape index (κ2) is 7.39. The number of unbranched alkanes of at least 4 members (excludes halogenated alkanes) is 1. The lowest BCUT2D eigenvalue weighted by Gasteiger charge is -2.16. The number of carbonyl (C=O) groups excluding carboxylic acids is 1. The van der Waals surface area contributed by atoms with E-state index in [-0.39, 0.29) is 0 Å². The number of benzene rings is 1. The smallest absolute Gasteiger partial charge is 0.187 e. The van der Waals surface area contributed by atoms with Gasteiger partial charge in [0.15, 0.2) is 11.2 Å². The number of hydrogen-bond donors (Lipinski definition) is 0. The Hall–Kier alpha value is -2.48. The first-order valence-corrected chi connectivity index (χ1v) is 8.58. The Labute approximate surface area is 143 Å². The molecular formula is C16H16N5O2S-. The summed E-state index contributed by atoms with van der Waals surface area (Å²) in [5.41, 5.74) is 1.87. The predicted molar refractivity (Wildman–Crippen MR) is 88.6 cm³/mol. The molecule has 0 aliphatic rings. The van der Waals surface area contributed by atoms with E-state index in [0.717, 1.165) is 30.3 Å². The van der Waals surface area contributed by atoms with Crippen LogP contribution >= 0.6 is 11.8 Å². The van der Waals surface area contributed by atoms with Gasteiger partial charge in [0.1, 0.15) is 11.4 Å². The van der Waals surface area contributed by atoms with E-state index in [4.69, 9.17) is 0 Å². The first-order chi connectivity index (χ1) is 11.7. The third-order valence-corrected chi connectivity index (χ3v) is 4.78. The molecule has 2 heterocycles. The molecule has 0 spiro atoms. The highest BCUT2D eigenvalue weighted by Crippen LogP contribution is 2.29. The number of nitrogens with zero attached hydrogens (tertiary/aromatic N) is 5. The zero-order chi connectivity index (χ0) is 16.9. The molecule has 0 saturated carbocycles. The third kappa shape index (κ3) is 3.38. The summed E-state index contributed by atoms with van der Waals surface area (Å²) in [6, 6.07) is 9.51. The van der Waals surface area contributed by atoms with Crippen LogP contribution in [0.3, 0.4) is 0 Å². The van der Waals surface area contributed by atoms with Gasteiger partial charge in [0.25, 0.3) is 0 Å². The molecule has 8 heteroatoms. The van der Waals surface area contributed by atoms with Gasteiger partial charge in [-0.1, -0.05) is 54.9 Å². The minimum atomic E-state index is -1.09. The molecule has 3 aromatic rings. The number of carboxylic acid groups (broad SMARTS) is 1. The van der Waals surface area contributed by atoms with Crippen molar-refractivity contribution in [3.63, 3.8) is 0 Å². The third-order valence-electron chi connectivity index (χ3n) is 3.54. The summed E-state index contributed by atoms with van der Waals surface area (Å²) in [5.74, 6) is -1.09. The van der Waals surface area contributed by atoms with Gasteiger partial charge in [0.2, 0.25) is 0 Å². The van der Waals surface area contributed by atoms with E-state index in [1.807, 2.05) is 37.3 Å². The highest BCUT2D eigenvalue weighted by molar-refractivity contribution is 8.00. The summed E-state index contributed by atoms with van der Waals surface area (Å²) >= 11 is 1.15. The minimum Gasteiger partial charge on any atom is -0.549 e. The van der Waals surface area contributed by atoms with Gasteiger partial charge in [-0.2, -0.15) is 4.68 Å². The van der Waals surface area contributed by atoms with Gasteiger partial charge in [0.05, 0.1) is 16.9 Å². The Morgan fingerprint density at radius 2 is 2.08 bits per heavy atom. The summed E-state index contributed by atoms with van der Waals surface area (Å²) in [4.78, 5) is 19.8. The predicted octanol–water partition coefficient (Wildman–Crippen LogP) is 1.61. The van der Waals surface area contributed by atoms with Gasteiger partial charge in [0, 0.05) is 0 Å². The van der Waals surface area contributed by atoms with Crippen molar-refractivity contribution in [2.45, 2.75) is 36.5 Å². The van der Waals surface area contributed by atoms with Crippen LogP contribution in [0.5, 0.6) is 0 Å². The summed E-state index contributed by atoms with van der Waals surface area (Å²) in [6.45, 7) is 2.02. The van der Waals surface area contributed by atoms with Crippen molar-refractivity contribution in [3.8, 4) is 5.69 Å². The van der Waals surface area contributed by atoms with Gasteiger partial charge >= 0.3 is 0 Å². The van der Waals surface area contributed by atoms with Crippen LogP contribution in [-0.4, -0.2) is 36.2 Å². The van der Waals surface area contributed by atoms with E-state index in [1.54, 1.807) is 4.68 Å². The minimum absolute atomic E-state index is 0.495. The van der Waals surface area contributed by atoms with Crippen LogP contribution in [0.25, 0.3) is 16.9 Å². The monoisotopic (exact) mass is 342 g/mol. The van der Waals surface area contributed by atoms with E-state index < -0.39 is 11.2 Å². The van der Waals surface area contributed by atoms with Gasteiger partial charge in [-0.05, 0) is 18.6 Å². The van der Waals surface area contributed by atoms with Gasteiger partial charge in [-0.15, -0.1) is 5.10 Å². The second-order valence-electron chi connectivity index (χ2n) is 5.26. The topological polar surface area (TPSA) is 96.6 Å². The van der Waals surface area contributed by atoms with Crippen molar-refractivity contribution in [2.24, 2.45) is 0 Å². The Balaban J connectivity index is 1.95. The number of aliphatic carboxylic acids is 1. The number of rotatable bonds is 7. The van der Waals surface area contributed by atoms with E-state index >= 15 is 0 Å². The Bertz CT molecular complexity index is 837. The largest absolute Gasteiger partial charge is 0.549 e. The van der Waals surface area contributed by atoms with Crippen LogP contribution in [0.4, 0.5) is 0 Å². The first-order valence-electron chi connectivity index (χ1n) is 7.70. The zero-order valence-corrected chi connectivity index (χ0v) is 13.9. The highest BCUT2D eigenvalue weighted by atomic mass is 32.2. The Morgan fingerprint density at radius 3 is 2.79 bits per heavy atom. The summed E-state index contributed by atoms with van der Waals surface area (Å²) in [5, 5.41) is 19.5. The molecule has 0 aliphatic carbocycles. The lowest BCUT2D eigenvalue weighted by Crippen LogP contribution is -2.33. The van der Waals surface area contributed by atoms with Crippen molar-refractivity contribution in [1.82, 2.24) is 25.0 Å². The molecule has 0 fully saturated rings. The quantitative estimate of drug-likeness (QED) is 0.475. The summed E-state index contributed by atoms with van der Waals surface area (Å²) < 4.78 is 1.61. The van der Waals surface area contributed by atoms with E-state index in [0.29, 0.717) is 22.6 Å². The SMILES string of the molecule is CCCC[C@@H](Sc1ncnc2c1nnn2-c1ccccc1)C(=O)[O-]. The van der Waals surface area contributed by atoms with Crippen LogP contribution in [-0.2, 0) is 4.79 Å². The molecule has 24 heavy (non-hydrogen) atoms. The van der Waals surface area contributed by atoms with E-state index in [1.165, 1.54) is 6.33 Å². The molecule has 0 unspecified atom stereocenters. The van der Waals surface area contributed by atoms with Crippen LogP contribution < -0.4 is 5.11 Å². The van der Waals surface area contributed by atoms with E-state index in [9.17, 15) is 9.90 Å². The summed E-state index contributed by atoms with van der Waals surface area (Å²) in [7, 11) is 0. The van der Waals surface area contributed by atoms with Crippen molar-refractivity contribution in [2.75, 3.05) is 0 Å². The number of thioether (sulfide) groups is 1. The van der Waals surface area contributed by atoms with Gasteiger partial charge in [-0.25, -0.2) is 9.97 Å². The maximum absolute atomic E-state index is 11.4. The Morgan fingerprint density at radius 1 is 1.29 bits per heavy atom. The fourth-order valence-corrected chi connectivity index (χ4v) is 3.31. The molecule has 1 aromatic carbocycles. The number of fused-ring (bicyclic) bond motifs is 1. The molecular weight excluding hydrogens is 326 g/mol. The zero-order valence-electron chi connectivity index (χ0n) is 13.1.